The molecular formula is C23H24O8. The van der Waals surface area contributed by atoms with E-state index in [1.54, 1.807) is 41.2 Å². The van der Waals surface area contributed by atoms with Crippen molar-refractivity contribution in [2.45, 2.75) is 19.8 Å². The number of allylic oxidation sites excluding steroid dienone is 1. The first-order valence-corrected chi connectivity index (χ1v) is 9.81. The fourth-order valence-electron chi connectivity index (χ4n) is 3.92. The summed E-state index contributed by atoms with van der Waals surface area (Å²) in [6, 6.07) is 7.24. The molecule has 8 nitrogen and oxygen atoms in total. The zero-order valence-corrected chi connectivity index (χ0v) is 18.1. The topological polar surface area (TPSA) is 81.7 Å². The molecule has 0 saturated heterocycles. The molecule has 2 aromatic rings. The second kappa shape index (κ2) is 8.29. The Labute approximate surface area is 180 Å². The van der Waals surface area contributed by atoms with Crippen LogP contribution in [-0.2, 0) is 9.53 Å². The lowest BCUT2D eigenvalue weighted by Crippen LogP contribution is -2.23. The molecule has 0 bridgehead atoms. The van der Waals surface area contributed by atoms with Gasteiger partial charge in [-0.2, -0.15) is 0 Å². The first kappa shape index (κ1) is 20.7. The molecule has 0 aromatic heterocycles. The van der Waals surface area contributed by atoms with Crippen LogP contribution in [0.25, 0.3) is 0 Å². The highest BCUT2D eigenvalue weighted by atomic mass is 16.7. The van der Waals surface area contributed by atoms with Gasteiger partial charge in [0.25, 0.3) is 0 Å². The number of fused-ring (bicyclic) bond motifs is 2. The van der Waals surface area contributed by atoms with Crippen LogP contribution in [0, 0.1) is 0 Å². The Morgan fingerprint density at radius 2 is 1.61 bits per heavy atom. The van der Waals surface area contributed by atoms with Crippen molar-refractivity contribution in [3.63, 3.8) is 0 Å². The molecule has 2 heterocycles. The van der Waals surface area contributed by atoms with Crippen molar-refractivity contribution in [2.75, 3.05) is 34.7 Å². The molecule has 164 valence electrons. The maximum absolute atomic E-state index is 13.0. The van der Waals surface area contributed by atoms with Crippen LogP contribution in [0.3, 0.4) is 0 Å². The minimum atomic E-state index is -0.508. The van der Waals surface area contributed by atoms with Gasteiger partial charge in [0.05, 0.1) is 33.5 Å². The zero-order valence-electron chi connectivity index (χ0n) is 18.1. The molecule has 8 heteroatoms. The van der Waals surface area contributed by atoms with Crippen molar-refractivity contribution < 1.29 is 38.0 Å². The van der Waals surface area contributed by atoms with E-state index < -0.39 is 11.9 Å². The predicted molar refractivity (Wildman–Crippen MR) is 110 cm³/mol. The van der Waals surface area contributed by atoms with E-state index in [4.69, 9.17) is 33.2 Å². The fourth-order valence-corrected chi connectivity index (χ4v) is 3.92. The number of carbonyl (C=O) groups excluding carboxylic acids is 1. The summed E-state index contributed by atoms with van der Waals surface area (Å²) in [7, 11) is 4.63. The van der Waals surface area contributed by atoms with E-state index in [9.17, 15) is 4.79 Å². The van der Waals surface area contributed by atoms with Crippen LogP contribution in [0.1, 0.15) is 30.9 Å². The largest absolute Gasteiger partial charge is 0.493 e. The number of hydrogen-bond donors (Lipinski definition) is 0. The molecule has 4 rings (SSSR count). The Balaban J connectivity index is 1.96. The number of benzene rings is 2. The van der Waals surface area contributed by atoms with E-state index in [2.05, 4.69) is 0 Å². The molecule has 0 unspecified atom stereocenters. The maximum Gasteiger partial charge on any atom is 0.338 e. The lowest BCUT2D eigenvalue weighted by Gasteiger charge is -2.30. The normalized spacial score (nSPS) is 16.4. The van der Waals surface area contributed by atoms with Gasteiger partial charge >= 0.3 is 5.97 Å². The molecule has 0 spiro atoms. The molecule has 0 aliphatic carbocycles. The molecule has 2 aliphatic rings. The monoisotopic (exact) mass is 428 g/mol. The number of methoxy groups -OCH3 is 3. The summed E-state index contributed by atoms with van der Waals surface area (Å²) in [5.41, 5.74) is 1.88. The Bertz CT molecular complexity index is 1030. The molecule has 31 heavy (non-hydrogen) atoms. The van der Waals surface area contributed by atoms with E-state index in [0.717, 1.165) is 11.1 Å². The van der Waals surface area contributed by atoms with Crippen molar-refractivity contribution in [3.8, 4) is 34.5 Å². The van der Waals surface area contributed by atoms with Crippen LogP contribution in [0.4, 0.5) is 0 Å². The minimum Gasteiger partial charge on any atom is -0.493 e. The number of esters is 1. The van der Waals surface area contributed by atoms with Crippen molar-refractivity contribution in [2.24, 2.45) is 0 Å². The molecular weight excluding hydrogens is 404 g/mol. The first-order valence-electron chi connectivity index (χ1n) is 9.81. The molecule has 0 amide bonds. The summed E-state index contributed by atoms with van der Waals surface area (Å²) >= 11 is 0. The number of ether oxygens (including phenoxy) is 7. The number of carbonyl (C=O) groups is 1. The second-order valence-corrected chi connectivity index (χ2v) is 6.93. The van der Waals surface area contributed by atoms with Crippen molar-refractivity contribution in [1.29, 1.82) is 0 Å². The van der Waals surface area contributed by atoms with E-state index in [-0.39, 0.29) is 13.4 Å². The minimum absolute atomic E-state index is 0.129. The van der Waals surface area contributed by atoms with Crippen molar-refractivity contribution >= 4 is 5.97 Å². The molecule has 2 aliphatic heterocycles. The lowest BCUT2D eigenvalue weighted by molar-refractivity contribution is -0.139. The van der Waals surface area contributed by atoms with Gasteiger partial charge in [0.2, 0.25) is 12.5 Å². The molecule has 0 saturated carbocycles. The number of rotatable bonds is 6. The van der Waals surface area contributed by atoms with Gasteiger partial charge in [0.15, 0.2) is 23.0 Å². The van der Waals surface area contributed by atoms with Gasteiger partial charge in [-0.3, -0.25) is 0 Å². The van der Waals surface area contributed by atoms with E-state index in [0.29, 0.717) is 45.8 Å². The second-order valence-electron chi connectivity index (χ2n) is 6.93. The van der Waals surface area contributed by atoms with Gasteiger partial charge in [-0.25, -0.2) is 4.79 Å². The van der Waals surface area contributed by atoms with Gasteiger partial charge in [-0.1, -0.05) is 0 Å². The Hall–Kier alpha value is -3.55. The summed E-state index contributed by atoms with van der Waals surface area (Å²) in [5.74, 6) is 2.66. The Kier molecular flexibility index (Phi) is 5.54. The molecule has 0 fully saturated rings. The van der Waals surface area contributed by atoms with E-state index in [1.165, 1.54) is 0 Å². The molecule has 0 N–H and O–H groups in total. The number of hydrogen-bond acceptors (Lipinski definition) is 8. The van der Waals surface area contributed by atoms with Gasteiger partial charge < -0.3 is 33.2 Å². The molecule has 1 atom stereocenters. The van der Waals surface area contributed by atoms with Crippen LogP contribution in [-0.4, -0.2) is 40.7 Å². The van der Waals surface area contributed by atoms with Crippen LogP contribution < -0.4 is 28.4 Å². The third-order valence-corrected chi connectivity index (χ3v) is 5.26. The van der Waals surface area contributed by atoms with Crippen molar-refractivity contribution in [3.05, 3.63) is 46.7 Å². The Morgan fingerprint density at radius 1 is 0.968 bits per heavy atom. The van der Waals surface area contributed by atoms with Gasteiger partial charge in [-0.15, -0.1) is 0 Å². The maximum atomic E-state index is 13.0. The SMILES string of the molecule is CCOC(=O)C1=C(C)Oc2cc3c(cc2[C@@H]1c1cc(OC)c(OC)c(OC)c1)OCO3. The molecule has 2 aromatic carbocycles. The highest BCUT2D eigenvalue weighted by Crippen LogP contribution is 2.51. The zero-order chi connectivity index (χ0) is 22.1. The van der Waals surface area contributed by atoms with E-state index in [1.807, 2.05) is 18.2 Å². The summed E-state index contributed by atoms with van der Waals surface area (Å²) in [6.45, 7) is 3.87. The van der Waals surface area contributed by atoms with Crippen LogP contribution in [0.2, 0.25) is 0 Å². The molecule has 0 radical (unpaired) electrons. The quantitative estimate of drug-likeness (QED) is 0.643. The van der Waals surface area contributed by atoms with Crippen LogP contribution >= 0.6 is 0 Å². The summed E-state index contributed by atoms with van der Waals surface area (Å²) < 4.78 is 38.9. The van der Waals surface area contributed by atoms with Gasteiger partial charge in [0.1, 0.15) is 11.5 Å². The summed E-state index contributed by atoms with van der Waals surface area (Å²) in [5, 5.41) is 0. The average Bonchev–Trinajstić information content (AvgIpc) is 3.23. The predicted octanol–water partition coefficient (Wildman–Crippen LogP) is 3.80. The highest BCUT2D eigenvalue weighted by molar-refractivity contribution is 5.93. The first-order chi connectivity index (χ1) is 15.0. The summed E-state index contributed by atoms with van der Waals surface area (Å²) in [4.78, 5) is 13.0. The third kappa shape index (κ3) is 3.48. The average molecular weight is 428 g/mol. The van der Waals surface area contributed by atoms with Crippen molar-refractivity contribution in [1.82, 2.24) is 0 Å². The van der Waals surface area contributed by atoms with Crippen LogP contribution in [0.15, 0.2) is 35.6 Å². The third-order valence-electron chi connectivity index (χ3n) is 5.26. The fraction of sp³-hybridized carbons (Fsp3) is 0.348. The smallest absolute Gasteiger partial charge is 0.338 e. The highest BCUT2D eigenvalue weighted by Gasteiger charge is 2.37. The van der Waals surface area contributed by atoms with Crippen LogP contribution in [0.5, 0.6) is 34.5 Å². The Morgan fingerprint density at radius 3 is 2.19 bits per heavy atom. The van der Waals surface area contributed by atoms with E-state index >= 15 is 0 Å². The lowest BCUT2D eigenvalue weighted by atomic mass is 9.81. The van der Waals surface area contributed by atoms with Gasteiger partial charge in [-0.05, 0) is 37.6 Å². The van der Waals surface area contributed by atoms with Gasteiger partial charge in [0, 0.05) is 17.5 Å². The standard InChI is InChI=1S/C23H24O8/c1-6-28-23(24)20-12(2)31-15-10-17-16(29-11-30-17)9-14(15)21(20)13-7-18(25-3)22(27-5)19(8-13)26-4/h7-10,21H,6,11H2,1-5H3/t21-/m0/s1. The summed E-state index contributed by atoms with van der Waals surface area (Å²) in [6.07, 6.45) is 0.